The van der Waals surface area contributed by atoms with Crippen molar-refractivity contribution in [2.45, 2.75) is 24.2 Å². The van der Waals surface area contributed by atoms with E-state index in [0.29, 0.717) is 18.0 Å². The Labute approximate surface area is 147 Å². The van der Waals surface area contributed by atoms with Crippen LogP contribution in [-0.4, -0.2) is 40.3 Å². The minimum absolute atomic E-state index is 0.0828. The average molecular weight is 356 g/mol. The Hall–Kier alpha value is -2.25. The van der Waals surface area contributed by atoms with Gasteiger partial charge in [0.15, 0.2) is 5.65 Å². The first-order valence-electron chi connectivity index (χ1n) is 8.31. The Morgan fingerprint density at radius 2 is 1.92 bits per heavy atom. The van der Waals surface area contributed by atoms with E-state index in [-0.39, 0.29) is 5.92 Å². The molecule has 1 saturated heterocycles. The van der Waals surface area contributed by atoms with Crippen LogP contribution in [0.1, 0.15) is 23.7 Å². The van der Waals surface area contributed by atoms with Crippen LogP contribution in [0.25, 0.3) is 11.2 Å². The standard InChI is InChI=1S/C18H20N4O2S/c1-13-5-7-15(8-6-13)25(23,24)22-11-9-14(12-22)17-20-16-4-3-10-19-18(16)21(17)2/h3-8,10,14H,9,11-12H2,1-2H3. The largest absolute Gasteiger partial charge is 0.316 e. The van der Waals surface area contributed by atoms with Gasteiger partial charge in [-0.25, -0.2) is 18.4 Å². The van der Waals surface area contributed by atoms with Crippen molar-refractivity contribution in [2.75, 3.05) is 13.1 Å². The molecule has 4 rings (SSSR count). The number of aryl methyl sites for hydroxylation is 2. The van der Waals surface area contributed by atoms with Gasteiger partial charge in [0.2, 0.25) is 10.0 Å². The van der Waals surface area contributed by atoms with Crippen molar-refractivity contribution in [2.24, 2.45) is 7.05 Å². The lowest BCUT2D eigenvalue weighted by atomic mass is 10.1. The third-order valence-electron chi connectivity index (χ3n) is 4.84. The van der Waals surface area contributed by atoms with Gasteiger partial charge >= 0.3 is 0 Å². The SMILES string of the molecule is Cc1ccc(S(=O)(=O)N2CCC(c3nc4cccnc4n3C)C2)cc1. The Balaban J connectivity index is 1.62. The monoisotopic (exact) mass is 356 g/mol. The van der Waals surface area contributed by atoms with E-state index >= 15 is 0 Å². The van der Waals surface area contributed by atoms with E-state index < -0.39 is 10.0 Å². The van der Waals surface area contributed by atoms with Crippen LogP contribution < -0.4 is 0 Å². The van der Waals surface area contributed by atoms with Gasteiger partial charge in [-0.2, -0.15) is 4.31 Å². The van der Waals surface area contributed by atoms with Crippen LogP contribution in [0.2, 0.25) is 0 Å². The Morgan fingerprint density at radius 3 is 2.64 bits per heavy atom. The highest BCUT2D eigenvalue weighted by Crippen LogP contribution is 2.31. The fourth-order valence-corrected chi connectivity index (χ4v) is 4.92. The molecule has 1 aromatic carbocycles. The van der Waals surface area contributed by atoms with Crippen LogP contribution in [-0.2, 0) is 17.1 Å². The molecular formula is C18H20N4O2S. The number of sulfonamides is 1. The first kappa shape index (κ1) is 16.2. The van der Waals surface area contributed by atoms with Crippen LogP contribution in [0.4, 0.5) is 0 Å². The summed E-state index contributed by atoms with van der Waals surface area (Å²) >= 11 is 0. The van der Waals surface area contributed by atoms with Gasteiger partial charge in [0.25, 0.3) is 0 Å². The zero-order valence-electron chi connectivity index (χ0n) is 14.3. The number of hydrogen-bond acceptors (Lipinski definition) is 4. The van der Waals surface area contributed by atoms with Gasteiger partial charge < -0.3 is 4.57 Å². The van der Waals surface area contributed by atoms with E-state index in [2.05, 4.69) is 9.97 Å². The van der Waals surface area contributed by atoms with E-state index in [0.717, 1.165) is 29.0 Å². The van der Waals surface area contributed by atoms with Crippen molar-refractivity contribution >= 4 is 21.2 Å². The Bertz CT molecular complexity index is 1020. The summed E-state index contributed by atoms with van der Waals surface area (Å²) in [7, 11) is -1.52. The van der Waals surface area contributed by atoms with Gasteiger partial charge in [0, 0.05) is 32.3 Å². The molecule has 0 bridgehead atoms. The Kier molecular flexibility index (Phi) is 3.85. The quantitative estimate of drug-likeness (QED) is 0.723. The van der Waals surface area contributed by atoms with Gasteiger partial charge in [0.05, 0.1) is 4.90 Å². The van der Waals surface area contributed by atoms with Crippen molar-refractivity contribution in [1.82, 2.24) is 18.8 Å². The van der Waals surface area contributed by atoms with E-state index in [1.807, 2.05) is 42.8 Å². The van der Waals surface area contributed by atoms with Crippen LogP contribution in [0, 0.1) is 6.92 Å². The second-order valence-electron chi connectivity index (χ2n) is 6.54. The number of pyridine rings is 1. The molecule has 0 saturated carbocycles. The predicted molar refractivity (Wildman–Crippen MR) is 95.8 cm³/mol. The van der Waals surface area contributed by atoms with Crippen molar-refractivity contribution < 1.29 is 8.42 Å². The number of hydrogen-bond donors (Lipinski definition) is 0. The highest BCUT2D eigenvalue weighted by Gasteiger charge is 2.35. The van der Waals surface area contributed by atoms with Crippen LogP contribution in [0.15, 0.2) is 47.5 Å². The minimum Gasteiger partial charge on any atom is -0.316 e. The molecule has 1 aliphatic heterocycles. The predicted octanol–water partition coefficient (Wildman–Crippen LogP) is 2.45. The fraction of sp³-hybridized carbons (Fsp3) is 0.333. The molecule has 0 radical (unpaired) electrons. The highest BCUT2D eigenvalue weighted by atomic mass is 32.2. The van der Waals surface area contributed by atoms with Crippen molar-refractivity contribution in [3.05, 3.63) is 54.0 Å². The molecule has 7 heteroatoms. The molecule has 0 aliphatic carbocycles. The molecule has 6 nitrogen and oxygen atoms in total. The number of benzene rings is 1. The minimum atomic E-state index is -3.46. The van der Waals surface area contributed by atoms with Gasteiger partial charge in [0.1, 0.15) is 11.3 Å². The number of imidazole rings is 1. The molecule has 0 spiro atoms. The van der Waals surface area contributed by atoms with Crippen molar-refractivity contribution in [1.29, 1.82) is 0 Å². The molecule has 1 atom stereocenters. The summed E-state index contributed by atoms with van der Waals surface area (Å²) in [5.41, 5.74) is 2.72. The summed E-state index contributed by atoms with van der Waals surface area (Å²) in [5.74, 6) is 0.981. The maximum Gasteiger partial charge on any atom is 0.243 e. The summed E-state index contributed by atoms with van der Waals surface area (Å²) in [6.07, 6.45) is 2.51. The van der Waals surface area contributed by atoms with Gasteiger partial charge in [-0.1, -0.05) is 17.7 Å². The van der Waals surface area contributed by atoms with Gasteiger partial charge in [-0.3, -0.25) is 0 Å². The zero-order valence-corrected chi connectivity index (χ0v) is 15.1. The lowest BCUT2D eigenvalue weighted by Gasteiger charge is -2.16. The smallest absolute Gasteiger partial charge is 0.243 e. The molecule has 0 amide bonds. The maximum atomic E-state index is 12.9. The molecule has 3 heterocycles. The van der Waals surface area contributed by atoms with E-state index in [9.17, 15) is 8.42 Å². The average Bonchev–Trinajstić information content (AvgIpc) is 3.21. The molecule has 25 heavy (non-hydrogen) atoms. The molecular weight excluding hydrogens is 336 g/mol. The Morgan fingerprint density at radius 1 is 1.16 bits per heavy atom. The summed E-state index contributed by atoms with van der Waals surface area (Å²) in [5, 5.41) is 0. The zero-order chi connectivity index (χ0) is 17.6. The maximum absolute atomic E-state index is 12.9. The third-order valence-corrected chi connectivity index (χ3v) is 6.72. The molecule has 1 fully saturated rings. The highest BCUT2D eigenvalue weighted by molar-refractivity contribution is 7.89. The van der Waals surface area contributed by atoms with E-state index in [1.54, 1.807) is 22.6 Å². The van der Waals surface area contributed by atoms with E-state index in [1.165, 1.54) is 0 Å². The van der Waals surface area contributed by atoms with Gasteiger partial charge in [-0.15, -0.1) is 0 Å². The molecule has 2 aromatic heterocycles. The number of nitrogens with zero attached hydrogens (tertiary/aromatic N) is 4. The third kappa shape index (κ3) is 2.73. The molecule has 3 aromatic rings. The van der Waals surface area contributed by atoms with Crippen LogP contribution in [0.3, 0.4) is 0 Å². The lowest BCUT2D eigenvalue weighted by molar-refractivity contribution is 0.470. The topological polar surface area (TPSA) is 68.1 Å². The molecule has 130 valence electrons. The number of aromatic nitrogens is 3. The summed E-state index contributed by atoms with van der Waals surface area (Å²) in [4.78, 5) is 9.39. The van der Waals surface area contributed by atoms with Crippen molar-refractivity contribution in [3.63, 3.8) is 0 Å². The molecule has 1 unspecified atom stereocenters. The van der Waals surface area contributed by atoms with Crippen LogP contribution in [0.5, 0.6) is 0 Å². The number of rotatable bonds is 3. The van der Waals surface area contributed by atoms with E-state index in [4.69, 9.17) is 0 Å². The molecule has 0 N–H and O–H groups in total. The second-order valence-corrected chi connectivity index (χ2v) is 8.47. The fourth-order valence-electron chi connectivity index (χ4n) is 3.42. The first-order valence-corrected chi connectivity index (χ1v) is 9.75. The van der Waals surface area contributed by atoms with Crippen LogP contribution >= 0.6 is 0 Å². The first-order chi connectivity index (χ1) is 12.0. The summed E-state index contributed by atoms with van der Waals surface area (Å²) in [6.45, 7) is 2.91. The van der Waals surface area contributed by atoms with Crippen molar-refractivity contribution in [3.8, 4) is 0 Å². The van der Waals surface area contributed by atoms with Gasteiger partial charge in [-0.05, 0) is 37.6 Å². The normalized spacial score (nSPS) is 18.9. The summed E-state index contributed by atoms with van der Waals surface area (Å²) < 4.78 is 29.3. The lowest BCUT2D eigenvalue weighted by Crippen LogP contribution is -2.28. The number of fused-ring (bicyclic) bond motifs is 1. The summed E-state index contributed by atoms with van der Waals surface area (Å²) in [6, 6.07) is 10.8. The molecule has 1 aliphatic rings. The second kappa shape index (κ2) is 5.93.